The van der Waals surface area contributed by atoms with Gasteiger partial charge < -0.3 is 15.6 Å². The molecule has 1 aromatic rings. The van der Waals surface area contributed by atoms with Gasteiger partial charge in [-0.05, 0) is 19.3 Å². The van der Waals surface area contributed by atoms with E-state index in [-0.39, 0.29) is 28.9 Å². The van der Waals surface area contributed by atoms with Crippen LogP contribution in [0.1, 0.15) is 29.4 Å². The van der Waals surface area contributed by atoms with E-state index in [0.717, 1.165) is 12.1 Å². The second kappa shape index (κ2) is 4.94. The minimum atomic E-state index is -0.223. The minimum absolute atomic E-state index is 0.144. The van der Waals surface area contributed by atoms with E-state index >= 15 is 0 Å². The van der Waals surface area contributed by atoms with Gasteiger partial charge in [-0.15, -0.1) is 0 Å². The molecule has 0 aliphatic carbocycles. The molecule has 1 fully saturated rings. The first-order valence-corrected chi connectivity index (χ1v) is 6.23. The number of nitrogens with one attached hydrogen (secondary N) is 1. The Hall–Kier alpha value is -1.62. The Morgan fingerprint density at radius 2 is 2.28 bits per heavy atom. The maximum Gasteiger partial charge on any atom is 0.259 e. The summed E-state index contributed by atoms with van der Waals surface area (Å²) < 4.78 is 0. The van der Waals surface area contributed by atoms with Crippen molar-refractivity contribution in [3.8, 4) is 0 Å². The largest absolute Gasteiger partial charge is 0.364 e. The summed E-state index contributed by atoms with van der Waals surface area (Å²) in [5.74, 6) is 0.0715. The number of carbonyl (C=O) groups is 1. The Labute approximate surface area is 106 Å². The maximum absolute atomic E-state index is 12.2. The fraction of sp³-hybridized carbons (Fsp3) is 0.538. The highest BCUT2D eigenvalue weighted by Crippen LogP contribution is 2.16. The topological polar surface area (TPSA) is 79.2 Å². The molecule has 1 aliphatic rings. The van der Waals surface area contributed by atoms with E-state index in [1.807, 2.05) is 6.92 Å². The Kier molecular flexibility index (Phi) is 3.52. The number of likely N-dealkylation sites (tertiary alicyclic amines) is 1. The third-order valence-corrected chi connectivity index (χ3v) is 3.55. The zero-order valence-corrected chi connectivity index (χ0v) is 10.8. The Bertz CT molecular complexity index is 509. The molecule has 3 N–H and O–H groups in total. The molecule has 1 amide bonds. The fourth-order valence-electron chi connectivity index (χ4n) is 2.26. The predicted molar refractivity (Wildman–Crippen MR) is 69.5 cm³/mol. The van der Waals surface area contributed by atoms with E-state index < -0.39 is 0 Å². The number of amides is 1. The number of pyridine rings is 1. The number of nitrogens with zero attached hydrogens (tertiary/aromatic N) is 1. The van der Waals surface area contributed by atoms with Crippen molar-refractivity contribution in [2.45, 2.75) is 26.3 Å². The SMILES string of the molecule is Cc1cc(=O)c(C(=O)N2CCC(N)C(C)C2)c[nH]1. The number of rotatable bonds is 1. The molecule has 5 heteroatoms. The molecular formula is C13H19N3O2. The summed E-state index contributed by atoms with van der Waals surface area (Å²) in [6.45, 7) is 5.06. The molecule has 1 aromatic heterocycles. The molecular weight excluding hydrogens is 230 g/mol. The number of carbonyl (C=O) groups excluding carboxylic acids is 1. The normalized spacial score (nSPS) is 24.1. The lowest BCUT2D eigenvalue weighted by atomic mass is 9.94. The third kappa shape index (κ3) is 2.46. The Morgan fingerprint density at radius 1 is 1.56 bits per heavy atom. The van der Waals surface area contributed by atoms with Crippen molar-refractivity contribution in [2.24, 2.45) is 11.7 Å². The molecule has 0 bridgehead atoms. The third-order valence-electron chi connectivity index (χ3n) is 3.55. The van der Waals surface area contributed by atoms with Gasteiger partial charge in [-0.3, -0.25) is 9.59 Å². The molecule has 0 aromatic carbocycles. The zero-order chi connectivity index (χ0) is 13.3. The summed E-state index contributed by atoms with van der Waals surface area (Å²) in [5.41, 5.74) is 6.67. The van der Waals surface area contributed by atoms with Gasteiger partial charge in [0, 0.05) is 37.1 Å². The molecule has 5 nitrogen and oxygen atoms in total. The highest BCUT2D eigenvalue weighted by Gasteiger charge is 2.27. The van der Waals surface area contributed by atoms with Crippen LogP contribution in [0.3, 0.4) is 0 Å². The van der Waals surface area contributed by atoms with Crippen molar-refractivity contribution >= 4 is 5.91 Å². The van der Waals surface area contributed by atoms with Crippen molar-refractivity contribution in [2.75, 3.05) is 13.1 Å². The summed E-state index contributed by atoms with van der Waals surface area (Å²) in [4.78, 5) is 28.7. The van der Waals surface area contributed by atoms with E-state index in [0.29, 0.717) is 13.1 Å². The lowest BCUT2D eigenvalue weighted by Crippen LogP contribution is -2.48. The average Bonchev–Trinajstić information content (AvgIpc) is 2.32. The van der Waals surface area contributed by atoms with Gasteiger partial charge in [0.05, 0.1) is 0 Å². The van der Waals surface area contributed by atoms with Crippen LogP contribution >= 0.6 is 0 Å². The number of hydrogen-bond donors (Lipinski definition) is 2. The summed E-state index contributed by atoms with van der Waals surface area (Å²) in [6.07, 6.45) is 2.29. The fourth-order valence-corrected chi connectivity index (χ4v) is 2.26. The monoisotopic (exact) mass is 249 g/mol. The number of aromatic nitrogens is 1. The van der Waals surface area contributed by atoms with Gasteiger partial charge in [0.25, 0.3) is 5.91 Å². The molecule has 1 aliphatic heterocycles. The standard InChI is InChI=1S/C13H19N3O2/c1-8-7-16(4-3-11(8)14)13(18)10-6-15-9(2)5-12(10)17/h5-6,8,11H,3-4,7,14H2,1-2H3,(H,15,17). The van der Waals surface area contributed by atoms with Gasteiger partial charge in [0.15, 0.2) is 5.43 Å². The van der Waals surface area contributed by atoms with Crippen molar-refractivity contribution in [1.82, 2.24) is 9.88 Å². The first-order chi connectivity index (χ1) is 8.49. The zero-order valence-electron chi connectivity index (χ0n) is 10.8. The molecule has 98 valence electrons. The van der Waals surface area contributed by atoms with Gasteiger partial charge in [-0.2, -0.15) is 0 Å². The number of hydrogen-bond acceptors (Lipinski definition) is 3. The van der Waals surface area contributed by atoms with Crippen LogP contribution in [0.5, 0.6) is 0 Å². The number of piperidine rings is 1. The smallest absolute Gasteiger partial charge is 0.259 e. The van der Waals surface area contributed by atoms with Crippen LogP contribution in [-0.2, 0) is 0 Å². The van der Waals surface area contributed by atoms with E-state index in [1.165, 1.54) is 12.3 Å². The summed E-state index contributed by atoms with van der Waals surface area (Å²) in [5, 5.41) is 0. The first kappa shape index (κ1) is 12.8. The van der Waals surface area contributed by atoms with Gasteiger partial charge in [-0.1, -0.05) is 6.92 Å². The van der Waals surface area contributed by atoms with Crippen LogP contribution in [0.25, 0.3) is 0 Å². The van der Waals surface area contributed by atoms with Crippen molar-refractivity contribution in [3.63, 3.8) is 0 Å². The molecule has 0 spiro atoms. The highest BCUT2D eigenvalue weighted by molar-refractivity contribution is 5.93. The predicted octanol–water partition coefficient (Wildman–Crippen LogP) is 0.493. The van der Waals surface area contributed by atoms with E-state index in [1.54, 1.807) is 11.8 Å². The molecule has 0 saturated carbocycles. The molecule has 1 saturated heterocycles. The molecule has 2 rings (SSSR count). The minimum Gasteiger partial charge on any atom is -0.364 e. The van der Waals surface area contributed by atoms with Crippen molar-refractivity contribution in [1.29, 1.82) is 0 Å². The quantitative estimate of drug-likeness (QED) is 0.760. The van der Waals surface area contributed by atoms with Crippen LogP contribution in [0, 0.1) is 12.8 Å². The summed E-state index contributed by atoms with van der Waals surface area (Å²) >= 11 is 0. The van der Waals surface area contributed by atoms with Crippen molar-refractivity contribution < 1.29 is 4.79 Å². The number of nitrogens with two attached hydrogens (primary N) is 1. The van der Waals surface area contributed by atoms with Gasteiger partial charge in [0.1, 0.15) is 5.56 Å². The lowest BCUT2D eigenvalue weighted by molar-refractivity contribution is 0.0662. The summed E-state index contributed by atoms with van der Waals surface area (Å²) in [6, 6.07) is 1.59. The molecule has 2 unspecified atom stereocenters. The Balaban J connectivity index is 2.19. The van der Waals surface area contributed by atoms with Gasteiger partial charge >= 0.3 is 0 Å². The van der Waals surface area contributed by atoms with Crippen molar-refractivity contribution in [3.05, 3.63) is 33.7 Å². The summed E-state index contributed by atoms with van der Waals surface area (Å²) in [7, 11) is 0. The Morgan fingerprint density at radius 3 is 2.89 bits per heavy atom. The lowest BCUT2D eigenvalue weighted by Gasteiger charge is -2.34. The van der Waals surface area contributed by atoms with Gasteiger partial charge in [0.2, 0.25) is 0 Å². The van der Waals surface area contributed by atoms with Gasteiger partial charge in [-0.25, -0.2) is 0 Å². The van der Waals surface area contributed by atoms with Crippen LogP contribution in [-0.4, -0.2) is 34.9 Å². The molecule has 18 heavy (non-hydrogen) atoms. The van der Waals surface area contributed by atoms with E-state index in [9.17, 15) is 9.59 Å². The molecule has 2 heterocycles. The van der Waals surface area contributed by atoms with E-state index in [4.69, 9.17) is 5.73 Å². The van der Waals surface area contributed by atoms with Crippen LogP contribution in [0.2, 0.25) is 0 Å². The van der Waals surface area contributed by atoms with Crippen LogP contribution in [0.15, 0.2) is 17.1 Å². The second-order valence-electron chi connectivity index (χ2n) is 5.07. The number of aryl methyl sites for hydroxylation is 1. The first-order valence-electron chi connectivity index (χ1n) is 6.23. The number of H-pyrrole nitrogens is 1. The molecule has 0 radical (unpaired) electrons. The average molecular weight is 249 g/mol. The maximum atomic E-state index is 12.2. The van der Waals surface area contributed by atoms with Crippen LogP contribution in [0.4, 0.5) is 0 Å². The van der Waals surface area contributed by atoms with E-state index in [2.05, 4.69) is 4.98 Å². The number of aromatic amines is 1. The molecule has 2 atom stereocenters. The second-order valence-corrected chi connectivity index (χ2v) is 5.07. The highest BCUT2D eigenvalue weighted by atomic mass is 16.2. The van der Waals surface area contributed by atoms with Crippen LogP contribution < -0.4 is 11.2 Å².